The van der Waals surface area contributed by atoms with Crippen LogP contribution in [0, 0.1) is 10.1 Å². The van der Waals surface area contributed by atoms with Crippen molar-refractivity contribution in [2.45, 2.75) is 6.42 Å². The Morgan fingerprint density at radius 1 is 1.50 bits per heavy atom. The first-order chi connectivity index (χ1) is 6.66. The number of carbonyl (C=O) groups excluding carboxylic acids is 2. The zero-order valence-electron chi connectivity index (χ0n) is 7.30. The molecule has 0 heterocycles. The minimum absolute atomic E-state index is 0.0210. The van der Waals surface area contributed by atoms with Crippen LogP contribution < -0.4 is 5.32 Å². The van der Waals surface area contributed by atoms with E-state index in [2.05, 4.69) is 14.9 Å². The molecule has 80 valence electrons. The monoisotopic (exact) mass is 206 g/mol. The maximum Gasteiger partial charge on any atom is 0.325 e. The molecule has 14 heavy (non-hydrogen) atoms. The molecule has 0 bridgehead atoms. The van der Waals surface area contributed by atoms with Crippen molar-refractivity contribution in [1.29, 1.82) is 0 Å². The molecule has 0 aromatic carbocycles. The highest BCUT2D eigenvalue weighted by Crippen LogP contribution is 1.85. The van der Waals surface area contributed by atoms with Gasteiger partial charge in [-0.3, -0.25) is 9.59 Å². The summed E-state index contributed by atoms with van der Waals surface area (Å²) in [7, 11) is 0. The first-order valence-corrected chi connectivity index (χ1v) is 3.76. The molecule has 0 aromatic rings. The van der Waals surface area contributed by atoms with E-state index < -0.39 is 11.1 Å². The fraction of sp³-hybridized carbons (Fsp3) is 0.667. The van der Waals surface area contributed by atoms with Gasteiger partial charge in [-0.1, -0.05) is 0 Å². The van der Waals surface area contributed by atoms with Gasteiger partial charge in [-0.25, -0.2) is 0 Å². The van der Waals surface area contributed by atoms with Crippen molar-refractivity contribution >= 4 is 12.4 Å². The molecule has 0 saturated heterocycles. The Hall–Kier alpha value is -1.86. The summed E-state index contributed by atoms with van der Waals surface area (Å²) < 4.78 is 4.56. The molecule has 0 radical (unpaired) electrons. The third-order valence-electron chi connectivity index (χ3n) is 1.08. The van der Waals surface area contributed by atoms with Crippen LogP contribution in [0.3, 0.4) is 0 Å². The van der Waals surface area contributed by atoms with Gasteiger partial charge in [0, 0.05) is 6.42 Å². The van der Waals surface area contributed by atoms with E-state index in [0.29, 0.717) is 6.41 Å². The number of nitrogens with zero attached hydrogens (tertiary/aromatic N) is 1. The van der Waals surface area contributed by atoms with E-state index in [1.165, 1.54) is 0 Å². The molecule has 0 rings (SSSR count). The van der Waals surface area contributed by atoms with E-state index in [9.17, 15) is 19.7 Å². The minimum atomic E-state index is -0.921. The van der Waals surface area contributed by atoms with E-state index in [1.807, 2.05) is 0 Å². The molecular formula is C6H10N2O6. The van der Waals surface area contributed by atoms with Crippen LogP contribution in [0.2, 0.25) is 0 Å². The molecule has 0 fully saturated rings. The molecule has 1 N–H and O–H groups in total. The number of hydrogen-bond donors (Lipinski definition) is 1. The van der Waals surface area contributed by atoms with E-state index in [1.54, 1.807) is 0 Å². The number of amides is 1. The molecule has 0 unspecified atom stereocenters. The van der Waals surface area contributed by atoms with Crippen LogP contribution in [0.4, 0.5) is 0 Å². The smallest absolute Gasteiger partial charge is 0.325 e. The molecule has 0 aliphatic heterocycles. The van der Waals surface area contributed by atoms with Gasteiger partial charge in [-0.15, -0.1) is 10.1 Å². The molecule has 0 atom stereocenters. The number of ether oxygens (including phenoxy) is 1. The summed E-state index contributed by atoms with van der Waals surface area (Å²) in [5.41, 5.74) is 0. The fourth-order valence-corrected chi connectivity index (χ4v) is 0.560. The zero-order valence-corrected chi connectivity index (χ0v) is 7.30. The summed E-state index contributed by atoms with van der Waals surface area (Å²) in [4.78, 5) is 34.1. The SMILES string of the molecule is O=CNCC(=O)OCCCO[N+](=O)[O-]. The van der Waals surface area contributed by atoms with E-state index in [0.717, 1.165) is 0 Å². The van der Waals surface area contributed by atoms with E-state index >= 15 is 0 Å². The van der Waals surface area contributed by atoms with Gasteiger partial charge in [-0.05, 0) is 0 Å². The van der Waals surface area contributed by atoms with Gasteiger partial charge in [0.2, 0.25) is 6.41 Å². The largest absolute Gasteiger partial charge is 0.464 e. The lowest BCUT2D eigenvalue weighted by molar-refractivity contribution is -0.757. The topological polar surface area (TPSA) is 108 Å². The van der Waals surface area contributed by atoms with Crippen molar-refractivity contribution < 1.29 is 24.3 Å². The third kappa shape index (κ3) is 8.24. The molecule has 1 amide bonds. The van der Waals surface area contributed by atoms with Gasteiger partial charge in [0.05, 0.1) is 13.2 Å². The number of rotatable bonds is 8. The Labute approximate surface area is 79.3 Å². The van der Waals surface area contributed by atoms with Gasteiger partial charge < -0.3 is 14.9 Å². The Morgan fingerprint density at radius 2 is 2.21 bits per heavy atom. The summed E-state index contributed by atoms with van der Waals surface area (Å²) in [5.74, 6) is -0.599. The van der Waals surface area contributed by atoms with Crippen molar-refractivity contribution in [3.8, 4) is 0 Å². The second-order valence-electron chi connectivity index (χ2n) is 2.13. The number of esters is 1. The Morgan fingerprint density at radius 3 is 2.79 bits per heavy atom. The highest BCUT2D eigenvalue weighted by molar-refractivity contribution is 5.73. The second-order valence-corrected chi connectivity index (χ2v) is 2.13. The van der Waals surface area contributed by atoms with Crippen molar-refractivity contribution in [3.05, 3.63) is 10.1 Å². The van der Waals surface area contributed by atoms with Crippen molar-refractivity contribution in [3.63, 3.8) is 0 Å². The first kappa shape index (κ1) is 12.1. The fourth-order valence-electron chi connectivity index (χ4n) is 0.560. The van der Waals surface area contributed by atoms with Crippen LogP contribution in [0.25, 0.3) is 0 Å². The maximum absolute atomic E-state index is 10.7. The Balaban J connectivity index is 3.22. The Bertz CT molecular complexity index is 206. The van der Waals surface area contributed by atoms with Gasteiger partial charge in [0.25, 0.3) is 5.09 Å². The average molecular weight is 206 g/mol. The summed E-state index contributed by atoms with van der Waals surface area (Å²) >= 11 is 0. The predicted molar refractivity (Wildman–Crippen MR) is 42.6 cm³/mol. The molecule has 8 heteroatoms. The molecule has 0 aromatic heterocycles. The zero-order chi connectivity index (χ0) is 10.8. The lowest BCUT2D eigenvalue weighted by Crippen LogP contribution is -2.23. The van der Waals surface area contributed by atoms with Crippen LogP contribution in [-0.2, 0) is 19.2 Å². The van der Waals surface area contributed by atoms with Crippen molar-refractivity contribution in [1.82, 2.24) is 5.32 Å². The number of hydrogen-bond acceptors (Lipinski definition) is 6. The highest BCUT2D eigenvalue weighted by atomic mass is 16.9. The third-order valence-corrected chi connectivity index (χ3v) is 1.08. The summed E-state index contributed by atoms with van der Waals surface area (Å²) in [6.45, 7) is -0.311. The van der Waals surface area contributed by atoms with Crippen LogP contribution in [0.1, 0.15) is 6.42 Å². The maximum atomic E-state index is 10.7. The molecule has 0 aliphatic rings. The quantitative estimate of drug-likeness (QED) is 0.177. The van der Waals surface area contributed by atoms with Gasteiger partial charge in [0.1, 0.15) is 6.54 Å². The molecule has 0 saturated carbocycles. The van der Waals surface area contributed by atoms with Crippen molar-refractivity contribution in [2.75, 3.05) is 19.8 Å². The molecule has 0 aliphatic carbocycles. The number of nitrogens with one attached hydrogen (secondary N) is 1. The second kappa shape index (κ2) is 7.77. The predicted octanol–water partition coefficient (Wildman–Crippen LogP) is -1.13. The lowest BCUT2D eigenvalue weighted by Gasteiger charge is -2.02. The minimum Gasteiger partial charge on any atom is -0.464 e. The van der Waals surface area contributed by atoms with Crippen molar-refractivity contribution in [2.24, 2.45) is 0 Å². The van der Waals surface area contributed by atoms with Crippen LogP contribution >= 0.6 is 0 Å². The molecular weight excluding hydrogens is 196 g/mol. The van der Waals surface area contributed by atoms with E-state index in [4.69, 9.17) is 0 Å². The number of carbonyl (C=O) groups is 2. The van der Waals surface area contributed by atoms with Gasteiger partial charge >= 0.3 is 5.97 Å². The average Bonchev–Trinajstić information content (AvgIpc) is 2.13. The first-order valence-electron chi connectivity index (χ1n) is 3.76. The molecule has 8 nitrogen and oxygen atoms in total. The lowest BCUT2D eigenvalue weighted by atomic mass is 10.5. The van der Waals surface area contributed by atoms with Crippen LogP contribution in [0.15, 0.2) is 0 Å². The van der Waals surface area contributed by atoms with E-state index in [-0.39, 0.29) is 26.2 Å². The standard InChI is InChI=1S/C6H10N2O6/c9-5-7-4-6(10)13-2-1-3-14-8(11)12/h5H,1-4H2,(H,7,9). The summed E-state index contributed by atoms with van der Waals surface area (Å²) in [6, 6.07) is 0. The van der Waals surface area contributed by atoms with Crippen LogP contribution in [0.5, 0.6) is 0 Å². The summed E-state index contributed by atoms with van der Waals surface area (Å²) in [5, 5.41) is 10.9. The normalized spacial score (nSPS) is 8.86. The van der Waals surface area contributed by atoms with Gasteiger partial charge in [0.15, 0.2) is 0 Å². The summed E-state index contributed by atoms with van der Waals surface area (Å²) in [6.07, 6.45) is 0.602. The van der Waals surface area contributed by atoms with Gasteiger partial charge in [-0.2, -0.15) is 0 Å². The molecule has 0 spiro atoms. The van der Waals surface area contributed by atoms with Crippen LogP contribution in [-0.4, -0.2) is 37.2 Å². The highest BCUT2D eigenvalue weighted by Gasteiger charge is 2.01. The Kier molecular flexibility index (Phi) is 6.74.